The lowest BCUT2D eigenvalue weighted by Gasteiger charge is -2.22. The van der Waals surface area contributed by atoms with Gasteiger partial charge in [0, 0.05) is 7.05 Å². The van der Waals surface area contributed by atoms with Gasteiger partial charge in [0.05, 0.1) is 25.5 Å². The van der Waals surface area contributed by atoms with Crippen molar-refractivity contribution >= 4 is 11.8 Å². The van der Waals surface area contributed by atoms with Crippen molar-refractivity contribution < 1.29 is 19.1 Å². The lowest BCUT2D eigenvalue weighted by molar-refractivity contribution is -0.122. The van der Waals surface area contributed by atoms with E-state index >= 15 is 0 Å². The molecule has 106 valence electrons. The van der Waals surface area contributed by atoms with Crippen LogP contribution in [0.4, 0.5) is 0 Å². The van der Waals surface area contributed by atoms with Gasteiger partial charge in [0.25, 0.3) is 5.91 Å². The molecular formula is C13H20N2O4. The molecule has 0 unspecified atom stereocenters. The van der Waals surface area contributed by atoms with Crippen molar-refractivity contribution in [3.63, 3.8) is 0 Å². The maximum atomic E-state index is 11.8. The Morgan fingerprint density at radius 2 is 2.16 bits per heavy atom. The van der Waals surface area contributed by atoms with E-state index in [0.29, 0.717) is 0 Å². The van der Waals surface area contributed by atoms with Crippen molar-refractivity contribution in [2.45, 2.75) is 19.9 Å². The van der Waals surface area contributed by atoms with E-state index in [-0.39, 0.29) is 42.7 Å². The summed E-state index contributed by atoms with van der Waals surface area (Å²) in [5.41, 5.74) is 0. The highest BCUT2D eigenvalue weighted by atomic mass is 16.3. The number of carbonyl (C=O) groups is 2. The number of rotatable bonds is 6. The van der Waals surface area contributed by atoms with E-state index in [9.17, 15) is 9.59 Å². The number of aliphatic hydroxyl groups excluding tert-OH is 1. The number of amides is 2. The molecule has 2 amide bonds. The zero-order valence-corrected chi connectivity index (χ0v) is 11.4. The summed E-state index contributed by atoms with van der Waals surface area (Å²) in [5.74, 6) is -0.349. The van der Waals surface area contributed by atoms with Crippen LogP contribution < -0.4 is 5.32 Å². The molecule has 0 aliphatic carbocycles. The second kappa shape index (κ2) is 6.94. The predicted molar refractivity (Wildman–Crippen MR) is 69.5 cm³/mol. The molecule has 0 aliphatic heterocycles. The largest absolute Gasteiger partial charge is 0.459 e. The number of hydrogen-bond donors (Lipinski definition) is 2. The van der Waals surface area contributed by atoms with Gasteiger partial charge in [0.2, 0.25) is 5.91 Å². The van der Waals surface area contributed by atoms with Crippen molar-refractivity contribution in [2.24, 2.45) is 5.92 Å². The Hall–Kier alpha value is -1.82. The molecule has 0 fully saturated rings. The summed E-state index contributed by atoms with van der Waals surface area (Å²) >= 11 is 0. The Labute approximate surface area is 112 Å². The van der Waals surface area contributed by atoms with Gasteiger partial charge >= 0.3 is 0 Å². The summed E-state index contributed by atoms with van der Waals surface area (Å²) in [7, 11) is 1.52. The third kappa shape index (κ3) is 4.40. The highest BCUT2D eigenvalue weighted by Crippen LogP contribution is 2.04. The van der Waals surface area contributed by atoms with E-state index in [1.54, 1.807) is 12.1 Å². The zero-order valence-electron chi connectivity index (χ0n) is 11.4. The van der Waals surface area contributed by atoms with Crippen LogP contribution in [-0.4, -0.2) is 48.1 Å². The Morgan fingerprint density at radius 1 is 1.47 bits per heavy atom. The normalized spacial score (nSPS) is 12.3. The number of hydrogen-bond acceptors (Lipinski definition) is 4. The second-order valence-corrected chi connectivity index (χ2v) is 4.74. The fourth-order valence-electron chi connectivity index (χ4n) is 1.55. The van der Waals surface area contributed by atoms with Crippen LogP contribution in [0.25, 0.3) is 0 Å². The molecular weight excluding hydrogens is 248 g/mol. The van der Waals surface area contributed by atoms with Crippen molar-refractivity contribution in [3.05, 3.63) is 24.2 Å². The lowest BCUT2D eigenvalue weighted by Crippen LogP contribution is -2.46. The maximum Gasteiger partial charge on any atom is 0.289 e. The average molecular weight is 268 g/mol. The molecule has 0 bridgehead atoms. The van der Waals surface area contributed by atoms with E-state index in [2.05, 4.69) is 5.32 Å². The van der Waals surface area contributed by atoms with E-state index in [1.807, 2.05) is 13.8 Å². The Bertz CT molecular complexity index is 414. The van der Waals surface area contributed by atoms with Gasteiger partial charge in [-0.15, -0.1) is 0 Å². The fraction of sp³-hybridized carbons (Fsp3) is 0.538. The Morgan fingerprint density at radius 3 is 2.63 bits per heavy atom. The Balaban J connectivity index is 2.50. The molecule has 0 spiro atoms. The quantitative estimate of drug-likeness (QED) is 0.786. The van der Waals surface area contributed by atoms with Crippen molar-refractivity contribution in [3.8, 4) is 0 Å². The molecule has 6 heteroatoms. The summed E-state index contributed by atoms with van der Waals surface area (Å²) in [6.45, 7) is 3.60. The van der Waals surface area contributed by atoms with Gasteiger partial charge < -0.3 is 19.7 Å². The third-order valence-corrected chi connectivity index (χ3v) is 2.81. The molecule has 2 N–H and O–H groups in total. The second-order valence-electron chi connectivity index (χ2n) is 4.74. The summed E-state index contributed by atoms with van der Waals surface area (Å²) in [6.07, 6.45) is 1.40. The average Bonchev–Trinajstić information content (AvgIpc) is 2.88. The molecule has 1 aromatic heterocycles. The standard InChI is InChI=1S/C13H20N2O4/c1-9(2)10(8-16)14-12(17)7-15(3)13(18)11-5-4-6-19-11/h4-6,9-10,16H,7-8H2,1-3H3,(H,14,17)/t10-/m1/s1. The summed E-state index contributed by atoms with van der Waals surface area (Å²) in [5, 5.41) is 11.8. The van der Waals surface area contributed by atoms with Crippen LogP contribution in [0.15, 0.2) is 22.8 Å². The number of furan rings is 1. The Kier molecular flexibility index (Phi) is 5.57. The number of likely N-dealkylation sites (N-methyl/N-ethyl adjacent to an activating group) is 1. The van der Waals surface area contributed by atoms with Gasteiger partial charge in [0.1, 0.15) is 0 Å². The molecule has 1 rings (SSSR count). The minimum absolute atomic E-state index is 0.0806. The minimum Gasteiger partial charge on any atom is -0.459 e. The minimum atomic E-state index is -0.356. The molecule has 6 nitrogen and oxygen atoms in total. The highest BCUT2D eigenvalue weighted by molar-refractivity contribution is 5.94. The van der Waals surface area contributed by atoms with Gasteiger partial charge in [-0.05, 0) is 18.1 Å². The van der Waals surface area contributed by atoms with Crippen LogP contribution in [0.5, 0.6) is 0 Å². The zero-order chi connectivity index (χ0) is 14.4. The first kappa shape index (κ1) is 15.2. The SMILES string of the molecule is CC(C)[C@@H](CO)NC(=O)CN(C)C(=O)c1ccco1. The topological polar surface area (TPSA) is 82.8 Å². The molecule has 1 heterocycles. The van der Waals surface area contributed by atoms with Crippen molar-refractivity contribution in [1.82, 2.24) is 10.2 Å². The monoisotopic (exact) mass is 268 g/mol. The first-order chi connectivity index (χ1) is 8.95. The third-order valence-electron chi connectivity index (χ3n) is 2.81. The fourth-order valence-corrected chi connectivity index (χ4v) is 1.55. The van der Waals surface area contributed by atoms with Gasteiger partial charge in [-0.3, -0.25) is 9.59 Å². The smallest absolute Gasteiger partial charge is 0.289 e. The van der Waals surface area contributed by atoms with E-state index in [4.69, 9.17) is 9.52 Å². The van der Waals surface area contributed by atoms with Crippen LogP contribution >= 0.6 is 0 Å². The molecule has 1 aromatic rings. The van der Waals surface area contributed by atoms with E-state index < -0.39 is 0 Å². The molecule has 0 radical (unpaired) electrons. The summed E-state index contributed by atoms with van der Waals surface area (Å²) in [4.78, 5) is 24.9. The molecule has 1 atom stereocenters. The molecule has 0 saturated heterocycles. The maximum absolute atomic E-state index is 11.8. The molecule has 0 saturated carbocycles. The number of nitrogens with one attached hydrogen (secondary N) is 1. The number of nitrogens with zero attached hydrogens (tertiary/aromatic N) is 1. The van der Waals surface area contributed by atoms with Gasteiger partial charge in [-0.1, -0.05) is 13.8 Å². The van der Waals surface area contributed by atoms with Crippen LogP contribution in [0.3, 0.4) is 0 Å². The van der Waals surface area contributed by atoms with Gasteiger partial charge in [-0.25, -0.2) is 0 Å². The summed E-state index contributed by atoms with van der Waals surface area (Å²) < 4.78 is 4.98. The van der Waals surface area contributed by atoms with Crippen LogP contribution in [0.2, 0.25) is 0 Å². The molecule has 0 aromatic carbocycles. The lowest BCUT2D eigenvalue weighted by atomic mass is 10.1. The predicted octanol–water partition coefficient (Wildman–Crippen LogP) is 0.485. The van der Waals surface area contributed by atoms with E-state index in [0.717, 1.165) is 0 Å². The first-order valence-corrected chi connectivity index (χ1v) is 6.15. The van der Waals surface area contributed by atoms with Gasteiger partial charge in [-0.2, -0.15) is 0 Å². The van der Waals surface area contributed by atoms with Crippen molar-refractivity contribution in [1.29, 1.82) is 0 Å². The van der Waals surface area contributed by atoms with Gasteiger partial charge in [0.15, 0.2) is 5.76 Å². The van der Waals surface area contributed by atoms with Crippen LogP contribution in [0, 0.1) is 5.92 Å². The van der Waals surface area contributed by atoms with Crippen LogP contribution in [0.1, 0.15) is 24.4 Å². The molecule has 19 heavy (non-hydrogen) atoms. The number of aliphatic hydroxyl groups is 1. The molecule has 0 aliphatic rings. The van der Waals surface area contributed by atoms with Crippen molar-refractivity contribution in [2.75, 3.05) is 20.2 Å². The number of carbonyl (C=O) groups excluding carboxylic acids is 2. The van der Waals surface area contributed by atoms with Crippen LogP contribution in [-0.2, 0) is 4.79 Å². The summed E-state index contributed by atoms with van der Waals surface area (Å²) in [6, 6.07) is 2.85. The van der Waals surface area contributed by atoms with E-state index in [1.165, 1.54) is 18.2 Å². The first-order valence-electron chi connectivity index (χ1n) is 6.15. The highest BCUT2D eigenvalue weighted by Gasteiger charge is 2.20.